The zero-order valence-corrected chi connectivity index (χ0v) is 24.4. The highest BCUT2D eigenvalue weighted by Gasteiger charge is 2.20. The van der Waals surface area contributed by atoms with Gasteiger partial charge >= 0.3 is 0 Å². The third kappa shape index (κ3) is 8.79. The fourth-order valence-electron chi connectivity index (χ4n) is 4.73. The maximum atomic E-state index is 6.03. The van der Waals surface area contributed by atoms with E-state index in [1.165, 1.54) is 16.8 Å². The molecule has 1 aromatic carbocycles. The molecule has 1 atom stereocenters. The summed E-state index contributed by atoms with van der Waals surface area (Å²) in [6, 6.07) is 10.6. The van der Waals surface area contributed by atoms with Crippen molar-refractivity contribution in [2.24, 2.45) is 11.7 Å². The lowest BCUT2D eigenvalue weighted by atomic mass is 9.88. The number of hydrogen-bond donors (Lipinski definition) is 2. The number of allylic oxidation sites excluding steroid dienone is 1. The number of aryl methyl sites for hydroxylation is 1. The number of nitrogens with two attached hydrogens (primary N) is 1. The molecule has 0 amide bonds. The van der Waals surface area contributed by atoms with Gasteiger partial charge in [0.25, 0.3) is 0 Å². The quantitative estimate of drug-likeness (QED) is 0.280. The Hall–Kier alpha value is -3.03. The summed E-state index contributed by atoms with van der Waals surface area (Å²) in [4.78, 5) is 7.09. The molecular weight excluding hydrogens is 452 g/mol. The molecule has 0 aliphatic carbocycles. The zero-order valence-electron chi connectivity index (χ0n) is 24.4. The van der Waals surface area contributed by atoms with Crippen molar-refractivity contribution in [3.05, 3.63) is 77.3 Å². The molecule has 0 aliphatic rings. The minimum Gasteiger partial charge on any atom is -0.375 e. The Morgan fingerprint density at radius 3 is 2.57 bits per heavy atom. The van der Waals surface area contributed by atoms with Crippen LogP contribution in [-0.2, 0) is 5.41 Å². The number of nitrogens with zero attached hydrogens (tertiary/aromatic N) is 2. The van der Waals surface area contributed by atoms with Crippen LogP contribution in [0.3, 0.4) is 0 Å². The summed E-state index contributed by atoms with van der Waals surface area (Å²) < 4.78 is 0. The molecule has 0 saturated heterocycles. The molecule has 4 heteroatoms. The van der Waals surface area contributed by atoms with E-state index in [1.807, 2.05) is 19.2 Å². The van der Waals surface area contributed by atoms with E-state index in [2.05, 4.69) is 112 Å². The molecule has 3 N–H and O–H groups in total. The molecule has 0 bridgehead atoms. The summed E-state index contributed by atoms with van der Waals surface area (Å²) in [5.41, 5.74) is 13.5. The van der Waals surface area contributed by atoms with Gasteiger partial charge < -0.3 is 16.0 Å². The first-order valence-electron chi connectivity index (χ1n) is 13.6. The third-order valence-corrected chi connectivity index (χ3v) is 6.58. The fraction of sp³-hybridized carbons (Fsp3) is 0.485. The van der Waals surface area contributed by atoms with Crippen LogP contribution in [0.2, 0.25) is 0 Å². The normalized spacial score (nSPS) is 12.6. The third-order valence-electron chi connectivity index (χ3n) is 6.58. The molecule has 2 rings (SSSR count). The van der Waals surface area contributed by atoms with Crippen molar-refractivity contribution in [2.75, 3.05) is 25.0 Å². The van der Waals surface area contributed by atoms with E-state index in [9.17, 15) is 0 Å². The Bertz CT molecular complexity index is 1130. The highest BCUT2D eigenvalue weighted by molar-refractivity contribution is 5.75. The van der Waals surface area contributed by atoms with Gasteiger partial charge in [-0.1, -0.05) is 52.3 Å². The number of rotatable bonds is 13. The Morgan fingerprint density at radius 2 is 1.95 bits per heavy atom. The second-order valence-corrected chi connectivity index (χ2v) is 10.9. The van der Waals surface area contributed by atoms with Crippen molar-refractivity contribution in [3.8, 4) is 11.8 Å². The number of pyridine rings is 1. The van der Waals surface area contributed by atoms with Crippen LogP contribution in [0, 0.1) is 24.7 Å². The minimum absolute atomic E-state index is 0.268. The van der Waals surface area contributed by atoms with Gasteiger partial charge in [-0.05, 0) is 88.4 Å². The Kier molecular flexibility index (Phi) is 11.5. The lowest BCUT2D eigenvalue weighted by Crippen LogP contribution is -2.29. The molecule has 1 aromatic heterocycles. The first kappa shape index (κ1) is 30.2. The van der Waals surface area contributed by atoms with Gasteiger partial charge in [0.15, 0.2) is 0 Å². The summed E-state index contributed by atoms with van der Waals surface area (Å²) >= 11 is 0. The standard InChI is InChI=1S/C33H48N4/c1-10-16-33(8,9)32-21-28(15-18-35-32)27(7)36-29-13-12-25(5)31(22-29)26(6)20-30(14-17-34)37(19-11-2)23-24(3)4/h12-13,15,18,20-22,24,26,36H,7,11,14,17,19,23,34H2,1-6,8-9H3/b30-20+. The van der Waals surface area contributed by atoms with Crippen LogP contribution in [-0.4, -0.2) is 29.5 Å². The summed E-state index contributed by atoms with van der Waals surface area (Å²) in [6.45, 7) is 24.4. The molecule has 0 spiro atoms. The lowest BCUT2D eigenvalue weighted by molar-refractivity contribution is 0.294. The fourth-order valence-corrected chi connectivity index (χ4v) is 4.73. The minimum atomic E-state index is -0.313. The predicted octanol–water partition coefficient (Wildman–Crippen LogP) is 7.48. The molecule has 1 heterocycles. The SMILES string of the molecule is C=C(Nc1ccc(C)c(C(C)/C=C(\CCN)N(CCC)CC(C)C)c1)c1ccnc(C(C)(C)C#CC)c1. The van der Waals surface area contributed by atoms with Crippen molar-refractivity contribution < 1.29 is 0 Å². The molecule has 37 heavy (non-hydrogen) atoms. The predicted molar refractivity (Wildman–Crippen MR) is 161 cm³/mol. The highest BCUT2D eigenvalue weighted by atomic mass is 15.1. The van der Waals surface area contributed by atoms with Gasteiger partial charge in [-0.3, -0.25) is 4.98 Å². The van der Waals surface area contributed by atoms with Crippen molar-refractivity contribution in [2.45, 2.75) is 79.6 Å². The summed E-state index contributed by atoms with van der Waals surface area (Å²) in [7, 11) is 0. The molecule has 4 nitrogen and oxygen atoms in total. The van der Waals surface area contributed by atoms with Gasteiger partial charge in [-0.2, -0.15) is 0 Å². The van der Waals surface area contributed by atoms with E-state index in [1.54, 1.807) is 0 Å². The van der Waals surface area contributed by atoms with Crippen LogP contribution in [0.4, 0.5) is 5.69 Å². The molecule has 0 radical (unpaired) electrons. The van der Waals surface area contributed by atoms with Crippen molar-refractivity contribution in [3.63, 3.8) is 0 Å². The van der Waals surface area contributed by atoms with Gasteiger partial charge in [-0.15, -0.1) is 5.92 Å². The highest BCUT2D eigenvalue weighted by Crippen LogP contribution is 2.29. The molecule has 0 aliphatic heterocycles. The van der Waals surface area contributed by atoms with E-state index >= 15 is 0 Å². The maximum Gasteiger partial charge on any atom is 0.0678 e. The number of aromatic nitrogens is 1. The van der Waals surface area contributed by atoms with Gasteiger partial charge in [0.2, 0.25) is 0 Å². The van der Waals surface area contributed by atoms with Crippen LogP contribution >= 0.6 is 0 Å². The van der Waals surface area contributed by atoms with Gasteiger partial charge in [0.05, 0.1) is 11.1 Å². The number of nitrogens with one attached hydrogen (secondary N) is 1. The van der Waals surface area contributed by atoms with E-state index < -0.39 is 0 Å². The van der Waals surface area contributed by atoms with Crippen LogP contribution in [0.15, 0.2) is 54.9 Å². The second kappa shape index (κ2) is 14.1. The first-order valence-corrected chi connectivity index (χ1v) is 13.6. The molecule has 0 saturated carbocycles. The molecule has 1 unspecified atom stereocenters. The molecular formula is C33H48N4. The summed E-state index contributed by atoms with van der Waals surface area (Å²) in [6.07, 6.45) is 6.27. The zero-order chi connectivity index (χ0) is 27.6. The average molecular weight is 501 g/mol. The van der Waals surface area contributed by atoms with Crippen LogP contribution in [0.5, 0.6) is 0 Å². The van der Waals surface area contributed by atoms with Crippen molar-refractivity contribution in [1.29, 1.82) is 0 Å². The van der Waals surface area contributed by atoms with Crippen LogP contribution in [0.1, 0.15) is 89.6 Å². The number of anilines is 1. The van der Waals surface area contributed by atoms with Crippen molar-refractivity contribution >= 4 is 11.4 Å². The van der Waals surface area contributed by atoms with Gasteiger partial charge in [0.1, 0.15) is 0 Å². The maximum absolute atomic E-state index is 6.03. The largest absolute Gasteiger partial charge is 0.375 e. The Morgan fingerprint density at radius 1 is 1.22 bits per heavy atom. The molecule has 2 aromatic rings. The van der Waals surface area contributed by atoms with E-state index in [4.69, 9.17) is 5.73 Å². The lowest BCUT2D eigenvalue weighted by Gasteiger charge is -2.30. The van der Waals surface area contributed by atoms with E-state index in [-0.39, 0.29) is 11.3 Å². The van der Waals surface area contributed by atoms with Crippen LogP contribution < -0.4 is 11.1 Å². The summed E-state index contributed by atoms with van der Waals surface area (Å²) in [5, 5.41) is 3.53. The Labute approximate surface area is 226 Å². The van der Waals surface area contributed by atoms with E-state index in [0.29, 0.717) is 12.5 Å². The van der Waals surface area contributed by atoms with Gasteiger partial charge in [0, 0.05) is 47.8 Å². The average Bonchev–Trinajstić information content (AvgIpc) is 2.84. The topological polar surface area (TPSA) is 54.2 Å². The monoisotopic (exact) mass is 500 g/mol. The molecule has 200 valence electrons. The van der Waals surface area contributed by atoms with Gasteiger partial charge in [-0.25, -0.2) is 0 Å². The number of hydrogen-bond acceptors (Lipinski definition) is 4. The number of benzene rings is 1. The molecule has 0 fully saturated rings. The Balaban J connectivity index is 2.32. The summed E-state index contributed by atoms with van der Waals surface area (Å²) in [5.74, 6) is 7.15. The van der Waals surface area contributed by atoms with E-state index in [0.717, 1.165) is 48.6 Å². The van der Waals surface area contributed by atoms with Crippen LogP contribution in [0.25, 0.3) is 5.70 Å². The smallest absolute Gasteiger partial charge is 0.0678 e. The van der Waals surface area contributed by atoms with Crippen molar-refractivity contribution in [1.82, 2.24) is 9.88 Å². The second-order valence-electron chi connectivity index (χ2n) is 10.9. The first-order chi connectivity index (χ1) is 17.5.